The maximum atomic E-state index is 13.7. The van der Waals surface area contributed by atoms with Crippen molar-refractivity contribution in [3.05, 3.63) is 63.6 Å². The number of hydrogen-bond donors (Lipinski definition) is 2. The van der Waals surface area contributed by atoms with E-state index in [1.807, 2.05) is 42.2 Å². The van der Waals surface area contributed by atoms with Gasteiger partial charge in [0, 0.05) is 83.6 Å². The van der Waals surface area contributed by atoms with Gasteiger partial charge in [-0.15, -0.1) is 0 Å². The SMILES string of the molecule is CCCCOC(=O)CCN1CCN(C)CC1.Cc1cc(C[C@@H](OC(=O)N2CCC(N3CCc4ccccc4NC3=O)CC2)C(=O)N2CCC(C)CC2)cc2oc(=O)[nH]c12. The zero-order chi connectivity index (χ0) is 41.9. The monoisotopic (exact) mass is 817 g/mol. The Labute approximate surface area is 347 Å². The van der Waals surface area contributed by atoms with Crippen molar-refractivity contribution in [2.75, 3.05) is 84.4 Å². The molecule has 322 valence electrons. The van der Waals surface area contributed by atoms with E-state index in [1.54, 1.807) is 15.9 Å². The molecule has 0 saturated carbocycles. The molecule has 4 aliphatic heterocycles. The Morgan fingerprint density at radius 1 is 0.915 bits per heavy atom. The zero-order valence-corrected chi connectivity index (χ0v) is 35.3. The van der Waals surface area contributed by atoms with E-state index < -0.39 is 18.0 Å². The number of amides is 4. The van der Waals surface area contributed by atoms with Gasteiger partial charge in [0.2, 0.25) is 0 Å². The van der Waals surface area contributed by atoms with Gasteiger partial charge in [-0.25, -0.2) is 14.4 Å². The number of piperazine rings is 1. The lowest BCUT2D eigenvalue weighted by molar-refractivity contribution is -0.144. The average Bonchev–Trinajstić information content (AvgIpc) is 3.53. The van der Waals surface area contributed by atoms with Crippen molar-refractivity contribution in [1.82, 2.24) is 29.5 Å². The first-order valence-electron chi connectivity index (χ1n) is 21.6. The molecule has 0 spiro atoms. The van der Waals surface area contributed by atoms with Crippen LogP contribution in [0.4, 0.5) is 15.3 Å². The molecule has 4 aliphatic rings. The lowest BCUT2D eigenvalue weighted by Crippen LogP contribution is -2.51. The van der Waals surface area contributed by atoms with Crippen LogP contribution in [0.5, 0.6) is 0 Å². The topological polar surface area (TPSA) is 161 Å². The number of carbonyl (C=O) groups is 4. The number of para-hydroxylation sites is 1. The van der Waals surface area contributed by atoms with Crippen LogP contribution < -0.4 is 11.1 Å². The van der Waals surface area contributed by atoms with Gasteiger partial charge in [-0.3, -0.25) is 14.6 Å². The van der Waals surface area contributed by atoms with E-state index in [4.69, 9.17) is 13.9 Å². The predicted octanol–water partition coefficient (Wildman–Crippen LogP) is 5.26. The summed E-state index contributed by atoms with van der Waals surface area (Å²) in [6, 6.07) is 11.4. The zero-order valence-electron chi connectivity index (χ0n) is 35.3. The number of aromatic nitrogens is 1. The smallest absolute Gasteiger partial charge is 0.417 e. The maximum absolute atomic E-state index is 13.7. The fourth-order valence-corrected chi connectivity index (χ4v) is 8.26. The minimum atomic E-state index is -1.00. The highest BCUT2D eigenvalue weighted by Crippen LogP contribution is 2.26. The van der Waals surface area contributed by atoms with Gasteiger partial charge in [0.15, 0.2) is 11.7 Å². The molecule has 0 radical (unpaired) electrons. The highest BCUT2D eigenvalue weighted by Gasteiger charge is 2.35. The van der Waals surface area contributed by atoms with Gasteiger partial charge >= 0.3 is 23.8 Å². The second-order valence-corrected chi connectivity index (χ2v) is 16.6. The summed E-state index contributed by atoms with van der Waals surface area (Å²) >= 11 is 0. The van der Waals surface area contributed by atoms with Crippen molar-refractivity contribution < 1.29 is 33.1 Å². The number of nitrogens with one attached hydrogen (secondary N) is 2. The molecule has 7 rings (SSSR count). The number of unbranched alkanes of at least 4 members (excludes halogenated alkanes) is 1. The Morgan fingerprint density at radius 3 is 2.36 bits per heavy atom. The van der Waals surface area contributed by atoms with Gasteiger partial charge in [0.1, 0.15) is 0 Å². The Bertz CT molecular complexity index is 1940. The molecule has 0 bridgehead atoms. The number of H-pyrrole nitrogens is 1. The van der Waals surface area contributed by atoms with Crippen LogP contribution in [0.15, 0.2) is 45.6 Å². The van der Waals surface area contributed by atoms with Crippen molar-refractivity contribution in [2.24, 2.45) is 5.92 Å². The molecule has 59 heavy (non-hydrogen) atoms. The highest BCUT2D eigenvalue weighted by molar-refractivity contribution is 5.91. The van der Waals surface area contributed by atoms with Crippen LogP contribution in [-0.2, 0) is 31.9 Å². The molecule has 3 aromatic rings. The molecule has 1 atom stereocenters. The molecule has 3 fully saturated rings. The van der Waals surface area contributed by atoms with Crippen molar-refractivity contribution >= 4 is 40.8 Å². The molecule has 3 saturated heterocycles. The quantitative estimate of drug-likeness (QED) is 0.193. The van der Waals surface area contributed by atoms with E-state index in [1.165, 1.54) is 0 Å². The van der Waals surface area contributed by atoms with Crippen LogP contribution in [0.25, 0.3) is 11.1 Å². The number of esters is 1. The van der Waals surface area contributed by atoms with Crippen molar-refractivity contribution in [2.45, 2.75) is 90.7 Å². The van der Waals surface area contributed by atoms with Crippen LogP contribution >= 0.6 is 0 Å². The van der Waals surface area contributed by atoms with E-state index in [0.29, 0.717) is 75.6 Å². The Kier molecular flexibility index (Phi) is 15.5. The number of rotatable bonds is 11. The molecule has 15 heteroatoms. The van der Waals surface area contributed by atoms with E-state index >= 15 is 0 Å². The summed E-state index contributed by atoms with van der Waals surface area (Å²) < 4.78 is 16.4. The van der Waals surface area contributed by atoms with E-state index in [-0.39, 0.29) is 30.4 Å². The van der Waals surface area contributed by atoms with E-state index in [2.05, 4.69) is 41.0 Å². The predicted molar refractivity (Wildman–Crippen MR) is 225 cm³/mol. The van der Waals surface area contributed by atoms with Gasteiger partial charge in [-0.2, -0.15) is 0 Å². The van der Waals surface area contributed by atoms with Gasteiger partial charge in [-0.05, 0) is 87.2 Å². The van der Waals surface area contributed by atoms with Crippen molar-refractivity contribution in [1.29, 1.82) is 0 Å². The van der Waals surface area contributed by atoms with Gasteiger partial charge in [0.25, 0.3) is 5.91 Å². The van der Waals surface area contributed by atoms with Crippen LogP contribution in [0.2, 0.25) is 0 Å². The fourth-order valence-electron chi connectivity index (χ4n) is 8.26. The fraction of sp³-hybridized carbons (Fsp3) is 0.614. The highest BCUT2D eigenvalue weighted by atomic mass is 16.6. The number of benzene rings is 2. The first-order valence-corrected chi connectivity index (χ1v) is 21.6. The summed E-state index contributed by atoms with van der Waals surface area (Å²) in [6.07, 6.45) is 5.08. The van der Waals surface area contributed by atoms with E-state index in [0.717, 1.165) is 87.2 Å². The number of hydrogen-bond acceptors (Lipinski definition) is 10. The third-order valence-corrected chi connectivity index (χ3v) is 12.1. The second-order valence-electron chi connectivity index (χ2n) is 16.6. The summed E-state index contributed by atoms with van der Waals surface area (Å²) in [4.78, 5) is 75.9. The van der Waals surface area contributed by atoms with Gasteiger partial charge in [0.05, 0.1) is 18.5 Å². The molecule has 0 aliphatic carbocycles. The number of likely N-dealkylation sites (N-methyl/N-ethyl adjacent to an activating group) is 1. The first kappa shape index (κ1) is 43.7. The number of aryl methyl sites for hydroxylation is 1. The first-order chi connectivity index (χ1) is 28.5. The van der Waals surface area contributed by atoms with Crippen molar-refractivity contribution in [3.8, 4) is 0 Å². The second kappa shape index (κ2) is 20.9. The number of aromatic amines is 1. The molecular formula is C44H63N7O8. The number of anilines is 1. The molecule has 2 aromatic carbocycles. The number of oxazole rings is 1. The lowest BCUT2D eigenvalue weighted by Gasteiger charge is -2.38. The third-order valence-electron chi connectivity index (χ3n) is 12.1. The molecule has 0 unspecified atom stereocenters. The molecule has 15 nitrogen and oxygen atoms in total. The van der Waals surface area contributed by atoms with Crippen molar-refractivity contribution in [3.63, 3.8) is 0 Å². The summed E-state index contributed by atoms with van der Waals surface area (Å²) in [5.74, 6) is -0.243. The molecular weight excluding hydrogens is 755 g/mol. The standard InChI is InChI=1S/C32H39N5O6.C12H24N2O2/c1-20-7-12-35(13-8-20)29(38)27(19-22-17-21(2)28-26(18-22)42-31(40)34-28)43-32(41)36-14-10-24(11-15-36)37-16-9-23-5-3-4-6-25(23)33-30(37)39;1-3-4-11-16-12(15)5-6-14-9-7-13(2)8-10-14/h3-6,17-18,20,24,27H,7-16,19H2,1-2H3,(H,33,39)(H,34,40);3-11H2,1-2H3/t27-;/m1./s1. The molecule has 5 heterocycles. The summed E-state index contributed by atoms with van der Waals surface area (Å²) in [7, 11) is 2.14. The number of ether oxygens (including phenoxy) is 2. The minimum absolute atomic E-state index is 0.0110. The minimum Gasteiger partial charge on any atom is -0.466 e. The maximum Gasteiger partial charge on any atom is 0.417 e. The van der Waals surface area contributed by atoms with Gasteiger partial charge < -0.3 is 43.7 Å². The average molecular weight is 818 g/mol. The number of carbonyl (C=O) groups excluding carboxylic acids is 4. The Hall–Kier alpha value is -4.89. The van der Waals surface area contributed by atoms with Crippen LogP contribution in [0.1, 0.15) is 75.5 Å². The van der Waals surface area contributed by atoms with Crippen LogP contribution in [0.3, 0.4) is 0 Å². The number of nitrogens with zero attached hydrogens (tertiary/aromatic N) is 5. The van der Waals surface area contributed by atoms with E-state index in [9.17, 15) is 24.0 Å². The largest absolute Gasteiger partial charge is 0.466 e. The number of likely N-dealkylation sites (tertiary alicyclic amines) is 2. The summed E-state index contributed by atoms with van der Waals surface area (Å²) in [5, 5.41) is 3.03. The van der Waals surface area contributed by atoms with Gasteiger partial charge in [-0.1, -0.05) is 44.5 Å². The van der Waals surface area contributed by atoms with Crippen LogP contribution in [0, 0.1) is 12.8 Å². The number of urea groups is 1. The Morgan fingerprint density at radius 2 is 1.63 bits per heavy atom. The normalized spacial score (nSPS) is 19.0. The molecule has 1 aromatic heterocycles. The number of piperidine rings is 2. The summed E-state index contributed by atoms with van der Waals surface area (Å²) in [5.41, 5.74) is 4.55. The number of fused-ring (bicyclic) bond motifs is 2. The lowest BCUT2D eigenvalue weighted by atomic mass is 9.98. The molecule has 4 amide bonds. The molecule has 2 N–H and O–H groups in total. The Balaban J connectivity index is 0.000000308. The third kappa shape index (κ3) is 12.1. The van der Waals surface area contributed by atoms with Crippen LogP contribution in [-0.4, -0.2) is 145 Å². The summed E-state index contributed by atoms with van der Waals surface area (Å²) in [6.45, 7) is 14.7.